The lowest BCUT2D eigenvalue weighted by Gasteiger charge is -2.22. The minimum atomic E-state index is -0.176. The summed E-state index contributed by atoms with van der Waals surface area (Å²) in [4.78, 5) is 8.54. The minimum Gasteiger partial charge on any atom is -0.476 e. The largest absolute Gasteiger partial charge is 0.476 e. The number of rotatable bonds is 8. The molecule has 1 rings (SSSR count). The second kappa shape index (κ2) is 7.40. The maximum Gasteiger partial charge on any atom is 0.232 e. The normalized spacial score (nSPS) is 11.9. The number of hydrogen-bond acceptors (Lipinski definition) is 5. The lowest BCUT2D eigenvalue weighted by Crippen LogP contribution is -2.25. The van der Waals surface area contributed by atoms with Gasteiger partial charge in [0, 0.05) is 32.3 Å². The Morgan fingerprint density at radius 3 is 2.68 bits per heavy atom. The number of ether oxygens (including phenoxy) is 2. The predicted molar refractivity (Wildman–Crippen MR) is 75.2 cm³/mol. The monoisotopic (exact) mass is 267 g/mol. The van der Waals surface area contributed by atoms with Crippen LogP contribution in [0.5, 0.6) is 5.88 Å². The van der Waals surface area contributed by atoms with Crippen LogP contribution in [0.15, 0.2) is 12.4 Å². The third-order valence-electron chi connectivity index (χ3n) is 2.86. The molecule has 0 fully saturated rings. The van der Waals surface area contributed by atoms with E-state index in [2.05, 4.69) is 29.1 Å². The maximum absolute atomic E-state index is 5.61. The van der Waals surface area contributed by atoms with Crippen molar-refractivity contribution in [3.8, 4) is 5.88 Å². The number of aromatic nitrogens is 2. The van der Waals surface area contributed by atoms with Gasteiger partial charge in [0.05, 0.1) is 24.1 Å². The number of nitrogens with zero attached hydrogens (tertiary/aromatic N) is 2. The van der Waals surface area contributed by atoms with Crippen LogP contribution >= 0.6 is 0 Å². The Morgan fingerprint density at radius 1 is 1.32 bits per heavy atom. The molecule has 19 heavy (non-hydrogen) atoms. The average molecular weight is 267 g/mol. The Hall–Kier alpha value is -1.20. The van der Waals surface area contributed by atoms with Crippen molar-refractivity contribution in [2.45, 2.75) is 52.3 Å². The summed E-state index contributed by atoms with van der Waals surface area (Å²) in [5.41, 5.74) is 0.710. The second-order valence-corrected chi connectivity index (χ2v) is 5.45. The van der Waals surface area contributed by atoms with Crippen LogP contribution in [0.25, 0.3) is 0 Å². The van der Waals surface area contributed by atoms with E-state index in [0.717, 1.165) is 12.1 Å². The topological polar surface area (TPSA) is 56.3 Å². The van der Waals surface area contributed by atoms with Crippen molar-refractivity contribution in [1.82, 2.24) is 15.3 Å². The van der Waals surface area contributed by atoms with Gasteiger partial charge in [-0.15, -0.1) is 0 Å². The molecule has 0 aliphatic heterocycles. The number of hydrogen-bond donors (Lipinski definition) is 1. The number of methoxy groups -OCH3 is 1. The van der Waals surface area contributed by atoms with Gasteiger partial charge in [-0.05, 0) is 13.8 Å². The van der Waals surface area contributed by atoms with Crippen LogP contribution in [0, 0.1) is 0 Å². The van der Waals surface area contributed by atoms with Gasteiger partial charge < -0.3 is 14.8 Å². The maximum atomic E-state index is 5.61. The molecule has 0 spiro atoms. The second-order valence-electron chi connectivity index (χ2n) is 5.45. The highest BCUT2D eigenvalue weighted by Crippen LogP contribution is 2.14. The molecular formula is C14H25N3O2. The average Bonchev–Trinajstić information content (AvgIpc) is 2.37. The summed E-state index contributed by atoms with van der Waals surface area (Å²) >= 11 is 0. The van der Waals surface area contributed by atoms with Crippen LogP contribution in [0.2, 0.25) is 0 Å². The van der Waals surface area contributed by atoms with Gasteiger partial charge in [-0.2, -0.15) is 0 Å². The third kappa shape index (κ3) is 6.50. The van der Waals surface area contributed by atoms with Crippen LogP contribution in [0.3, 0.4) is 0 Å². The van der Waals surface area contributed by atoms with Crippen molar-refractivity contribution in [3.63, 3.8) is 0 Å². The van der Waals surface area contributed by atoms with Crippen molar-refractivity contribution in [3.05, 3.63) is 18.1 Å². The molecule has 0 aliphatic rings. The SMILES string of the molecule is COC(C)(C)CCOc1cncc(CNC(C)C)n1. The van der Waals surface area contributed by atoms with Crippen LogP contribution in [0.1, 0.15) is 39.8 Å². The molecule has 5 heteroatoms. The van der Waals surface area contributed by atoms with Gasteiger partial charge >= 0.3 is 0 Å². The van der Waals surface area contributed by atoms with Crippen molar-refractivity contribution in [2.24, 2.45) is 0 Å². The van der Waals surface area contributed by atoms with Gasteiger partial charge in [0.15, 0.2) is 0 Å². The van der Waals surface area contributed by atoms with Crippen LogP contribution in [-0.4, -0.2) is 35.3 Å². The fourth-order valence-corrected chi connectivity index (χ4v) is 1.35. The Morgan fingerprint density at radius 2 is 2.05 bits per heavy atom. The third-order valence-corrected chi connectivity index (χ3v) is 2.86. The molecule has 1 heterocycles. The fourth-order valence-electron chi connectivity index (χ4n) is 1.35. The molecule has 5 nitrogen and oxygen atoms in total. The van der Waals surface area contributed by atoms with E-state index in [0.29, 0.717) is 25.1 Å². The molecule has 1 N–H and O–H groups in total. The molecule has 0 bridgehead atoms. The highest BCUT2D eigenvalue weighted by Gasteiger charge is 2.16. The lowest BCUT2D eigenvalue weighted by molar-refractivity contribution is 0.00503. The van der Waals surface area contributed by atoms with E-state index in [9.17, 15) is 0 Å². The molecule has 1 aromatic heterocycles. The van der Waals surface area contributed by atoms with Crippen molar-refractivity contribution in [1.29, 1.82) is 0 Å². The summed E-state index contributed by atoms with van der Waals surface area (Å²) < 4.78 is 10.9. The zero-order chi connectivity index (χ0) is 14.3. The van der Waals surface area contributed by atoms with E-state index in [1.54, 1.807) is 19.5 Å². The summed E-state index contributed by atoms with van der Waals surface area (Å²) in [7, 11) is 1.71. The van der Waals surface area contributed by atoms with Gasteiger partial charge in [-0.25, -0.2) is 4.98 Å². The molecule has 0 saturated carbocycles. The summed E-state index contributed by atoms with van der Waals surface area (Å²) in [6.07, 6.45) is 4.19. The molecule has 1 aromatic rings. The first kappa shape index (κ1) is 15.9. The van der Waals surface area contributed by atoms with Crippen molar-refractivity contribution < 1.29 is 9.47 Å². The Bertz CT molecular complexity index is 381. The number of nitrogens with one attached hydrogen (secondary N) is 1. The first-order valence-electron chi connectivity index (χ1n) is 6.65. The molecule has 0 radical (unpaired) electrons. The van der Waals surface area contributed by atoms with E-state index in [-0.39, 0.29) is 5.60 Å². The zero-order valence-electron chi connectivity index (χ0n) is 12.6. The molecule has 0 saturated heterocycles. The Labute approximate surface area is 115 Å². The minimum absolute atomic E-state index is 0.176. The standard InChI is InChI=1S/C14H25N3O2/c1-11(2)16-9-12-8-15-10-13(17-12)19-7-6-14(3,4)18-5/h8,10-11,16H,6-7,9H2,1-5H3. The van der Waals surface area contributed by atoms with Gasteiger partial charge in [0.1, 0.15) is 0 Å². The molecule has 0 aromatic carbocycles. The Balaban J connectivity index is 2.44. The van der Waals surface area contributed by atoms with E-state index in [1.807, 2.05) is 13.8 Å². The lowest BCUT2D eigenvalue weighted by atomic mass is 10.1. The zero-order valence-corrected chi connectivity index (χ0v) is 12.6. The predicted octanol–water partition coefficient (Wildman–Crippen LogP) is 2.17. The summed E-state index contributed by atoms with van der Waals surface area (Å²) in [6, 6.07) is 0.425. The van der Waals surface area contributed by atoms with Gasteiger partial charge in [0.2, 0.25) is 5.88 Å². The first-order chi connectivity index (χ1) is 8.93. The van der Waals surface area contributed by atoms with E-state index >= 15 is 0 Å². The highest BCUT2D eigenvalue weighted by molar-refractivity contribution is 5.08. The van der Waals surface area contributed by atoms with Crippen LogP contribution in [0.4, 0.5) is 0 Å². The summed E-state index contributed by atoms with van der Waals surface area (Å²) in [5.74, 6) is 0.565. The summed E-state index contributed by atoms with van der Waals surface area (Å²) in [5, 5.41) is 3.30. The van der Waals surface area contributed by atoms with Crippen LogP contribution < -0.4 is 10.1 Å². The first-order valence-corrected chi connectivity index (χ1v) is 6.65. The quantitative estimate of drug-likeness (QED) is 0.782. The van der Waals surface area contributed by atoms with Crippen molar-refractivity contribution >= 4 is 0 Å². The van der Waals surface area contributed by atoms with Gasteiger partial charge in [-0.1, -0.05) is 13.8 Å². The van der Waals surface area contributed by atoms with Crippen LogP contribution in [-0.2, 0) is 11.3 Å². The van der Waals surface area contributed by atoms with E-state index in [4.69, 9.17) is 9.47 Å². The summed E-state index contributed by atoms with van der Waals surface area (Å²) in [6.45, 7) is 9.53. The fraction of sp³-hybridized carbons (Fsp3) is 0.714. The van der Waals surface area contributed by atoms with E-state index in [1.165, 1.54) is 0 Å². The van der Waals surface area contributed by atoms with Gasteiger partial charge in [0.25, 0.3) is 0 Å². The Kier molecular flexibility index (Phi) is 6.18. The molecule has 0 atom stereocenters. The van der Waals surface area contributed by atoms with Gasteiger partial charge in [-0.3, -0.25) is 4.98 Å². The smallest absolute Gasteiger partial charge is 0.232 e. The molecule has 0 amide bonds. The van der Waals surface area contributed by atoms with E-state index < -0.39 is 0 Å². The molecular weight excluding hydrogens is 242 g/mol. The molecule has 108 valence electrons. The molecule has 0 aliphatic carbocycles. The molecule has 0 unspecified atom stereocenters. The highest BCUT2D eigenvalue weighted by atomic mass is 16.5. The van der Waals surface area contributed by atoms with Crippen molar-refractivity contribution in [2.75, 3.05) is 13.7 Å².